The summed E-state index contributed by atoms with van der Waals surface area (Å²) < 4.78 is 53.6. The van der Waals surface area contributed by atoms with E-state index in [1.54, 1.807) is 32.5 Å². The average molecular weight is 552 g/mol. The Kier molecular flexibility index (Phi) is 6.59. The number of fused-ring (bicyclic) bond motifs is 4. The van der Waals surface area contributed by atoms with Crippen LogP contribution in [0.1, 0.15) is 34.5 Å². The molecule has 0 radical (unpaired) electrons. The van der Waals surface area contributed by atoms with Crippen molar-refractivity contribution in [1.82, 2.24) is 14.9 Å². The molecule has 2 atom stereocenters. The summed E-state index contributed by atoms with van der Waals surface area (Å²) in [5.41, 5.74) is 5.06. The van der Waals surface area contributed by atoms with E-state index in [0.717, 1.165) is 38.8 Å². The fourth-order valence-electron chi connectivity index (χ4n) is 5.75. The zero-order chi connectivity index (χ0) is 28.0. The molecule has 0 saturated heterocycles. The Balaban J connectivity index is 1.43. The molecule has 1 aliphatic heterocycles. The molecular formula is C30H28F3N3O4. The summed E-state index contributed by atoms with van der Waals surface area (Å²) in [5, 5.41) is 13.9. The smallest absolute Gasteiger partial charge is 0.497 e. The van der Waals surface area contributed by atoms with E-state index in [9.17, 15) is 18.3 Å². The number of benzene rings is 3. The number of hydrogen-bond donors (Lipinski definition) is 3. The SMILES string of the molecule is COc1ccc2[nH]cc(C(O)C3c4[nH]c5ccc(OC)cc5c4CCN3Cc3cccc(OC(F)(F)F)c3)c2c1. The number of hydrogen-bond acceptors (Lipinski definition) is 5. The van der Waals surface area contributed by atoms with Crippen molar-refractivity contribution in [3.63, 3.8) is 0 Å². The number of ether oxygens (including phenoxy) is 3. The molecule has 5 aromatic rings. The molecule has 2 aromatic heterocycles. The molecule has 6 rings (SSSR count). The van der Waals surface area contributed by atoms with E-state index in [0.29, 0.717) is 36.4 Å². The van der Waals surface area contributed by atoms with Crippen molar-refractivity contribution in [1.29, 1.82) is 0 Å². The third-order valence-corrected chi connectivity index (χ3v) is 7.54. The Morgan fingerprint density at radius 2 is 1.68 bits per heavy atom. The first kappa shape index (κ1) is 26.1. The normalized spacial score (nSPS) is 16.7. The predicted octanol–water partition coefficient (Wildman–Crippen LogP) is 6.40. The molecule has 40 heavy (non-hydrogen) atoms. The highest BCUT2D eigenvalue weighted by atomic mass is 19.4. The third kappa shape index (κ3) is 4.84. The van der Waals surface area contributed by atoms with Crippen LogP contribution in [0.25, 0.3) is 21.8 Å². The van der Waals surface area contributed by atoms with Crippen molar-refractivity contribution in [2.45, 2.75) is 31.5 Å². The highest BCUT2D eigenvalue weighted by Crippen LogP contribution is 2.44. The number of alkyl halides is 3. The quantitative estimate of drug-likeness (QED) is 0.218. The fraction of sp³-hybridized carbons (Fsp3) is 0.267. The molecule has 0 bridgehead atoms. The van der Waals surface area contributed by atoms with Crippen LogP contribution in [0.4, 0.5) is 13.2 Å². The van der Waals surface area contributed by atoms with E-state index in [1.165, 1.54) is 12.1 Å². The summed E-state index contributed by atoms with van der Waals surface area (Å²) in [5.74, 6) is 1.13. The van der Waals surface area contributed by atoms with E-state index in [1.807, 2.05) is 36.4 Å². The largest absolute Gasteiger partial charge is 0.573 e. The summed E-state index contributed by atoms with van der Waals surface area (Å²) in [7, 11) is 3.21. The summed E-state index contributed by atoms with van der Waals surface area (Å²) in [6.07, 6.45) is -3.26. The zero-order valence-corrected chi connectivity index (χ0v) is 21.9. The molecule has 7 nitrogen and oxygen atoms in total. The minimum atomic E-state index is -4.78. The summed E-state index contributed by atoms with van der Waals surface area (Å²) in [4.78, 5) is 8.85. The molecule has 3 aromatic carbocycles. The molecule has 0 spiro atoms. The number of aliphatic hydroxyl groups excluding tert-OH is 1. The lowest BCUT2D eigenvalue weighted by molar-refractivity contribution is -0.274. The lowest BCUT2D eigenvalue weighted by atomic mass is 9.90. The number of nitrogens with one attached hydrogen (secondary N) is 2. The second-order valence-electron chi connectivity index (χ2n) is 9.89. The highest BCUT2D eigenvalue weighted by molar-refractivity contribution is 5.87. The first-order chi connectivity index (χ1) is 19.2. The molecule has 3 N–H and O–H groups in total. The van der Waals surface area contributed by atoms with Gasteiger partial charge in [-0.1, -0.05) is 12.1 Å². The van der Waals surface area contributed by atoms with E-state index >= 15 is 0 Å². The van der Waals surface area contributed by atoms with Crippen molar-refractivity contribution in [2.75, 3.05) is 20.8 Å². The van der Waals surface area contributed by atoms with Gasteiger partial charge in [-0.3, -0.25) is 4.90 Å². The lowest BCUT2D eigenvalue weighted by Crippen LogP contribution is -2.38. The van der Waals surface area contributed by atoms with Crippen LogP contribution in [0.5, 0.6) is 17.2 Å². The standard InChI is InChI=1S/C30H28F3N3O4/c1-38-18-6-8-25-23(14-18)24(15-34-25)29(37)28-27-21(22-13-19(39-2)7-9-26(22)35-27)10-11-36(28)16-17-4-3-5-20(12-17)40-30(31,32)33/h3-9,12-15,28-29,34-35,37H,10-11,16H2,1-2H3. The van der Waals surface area contributed by atoms with Crippen LogP contribution in [-0.2, 0) is 13.0 Å². The Hall–Kier alpha value is -4.15. The zero-order valence-electron chi connectivity index (χ0n) is 21.9. The number of aromatic nitrogens is 2. The van der Waals surface area contributed by atoms with E-state index < -0.39 is 18.5 Å². The number of aromatic amines is 2. The molecule has 208 valence electrons. The third-order valence-electron chi connectivity index (χ3n) is 7.54. The van der Waals surface area contributed by atoms with Gasteiger partial charge in [-0.15, -0.1) is 13.2 Å². The molecule has 3 heterocycles. The maximum absolute atomic E-state index is 12.9. The number of methoxy groups -OCH3 is 2. The molecule has 1 aliphatic rings. The van der Waals surface area contributed by atoms with Gasteiger partial charge in [-0.25, -0.2) is 0 Å². The number of nitrogens with zero attached hydrogens (tertiary/aromatic N) is 1. The van der Waals surface area contributed by atoms with Gasteiger partial charge in [-0.05, 0) is 66.1 Å². The molecule has 0 amide bonds. The van der Waals surface area contributed by atoms with Crippen LogP contribution in [-0.4, -0.2) is 47.1 Å². The molecule has 0 fully saturated rings. The van der Waals surface area contributed by atoms with Crippen molar-refractivity contribution in [3.05, 3.63) is 89.2 Å². The van der Waals surface area contributed by atoms with Gasteiger partial charge >= 0.3 is 6.36 Å². The topological polar surface area (TPSA) is 82.7 Å². The van der Waals surface area contributed by atoms with E-state index in [-0.39, 0.29) is 5.75 Å². The molecular weight excluding hydrogens is 523 g/mol. The van der Waals surface area contributed by atoms with Crippen molar-refractivity contribution in [3.8, 4) is 17.2 Å². The van der Waals surface area contributed by atoms with Crippen LogP contribution in [0, 0.1) is 0 Å². The summed E-state index contributed by atoms with van der Waals surface area (Å²) in [6, 6.07) is 16.9. The van der Waals surface area contributed by atoms with Crippen molar-refractivity contribution >= 4 is 21.8 Å². The van der Waals surface area contributed by atoms with Crippen LogP contribution < -0.4 is 14.2 Å². The van der Waals surface area contributed by atoms with Crippen LogP contribution in [0.15, 0.2) is 66.9 Å². The van der Waals surface area contributed by atoms with Crippen LogP contribution in [0.2, 0.25) is 0 Å². The van der Waals surface area contributed by atoms with Gasteiger partial charge in [0.2, 0.25) is 0 Å². The fourth-order valence-corrected chi connectivity index (χ4v) is 5.75. The van der Waals surface area contributed by atoms with E-state index in [4.69, 9.17) is 9.47 Å². The van der Waals surface area contributed by atoms with Gasteiger partial charge in [-0.2, -0.15) is 0 Å². The minimum Gasteiger partial charge on any atom is -0.497 e. The Labute approximate surface area is 228 Å². The molecule has 0 aliphatic carbocycles. The monoisotopic (exact) mass is 551 g/mol. The number of H-pyrrole nitrogens is 2. The Morgan fingerprint density at radius 3 is 2.40 bits per heavy atom. The highest BCUT2D eigenvalue weighted by Gasteiger charge is 2.37. The predicted molar refractivity (Wildman–Crippen MR) is 145 cm³/mol. The Bertz CT molecular complexity index is 1680. The second-order valence-corrected chi connectivity index (χ2v) is 9.89. The summed E-state index contributed by atoms with van der Waals surface area (Å²) >= 11 is 0. The van der Waals surface area contributed by atoms with Gasteiger partial charge in [0.1, 0.15) is 23.4 Å². The maximum atomic E-state index is 12.9. The minimum absolute atomic E-state index is 0.277. The number of halogens is 3. The van der Waals surface area contributed by atoms with Crippen LogP contribution in [0.3, 0.4) is 0 Å². The van der Waals surface area contributed by atoms with Gasteiger partial charge in [0.05, 0.1) is 20.3 Å². The lowest BCUT2D eigenvalue weighted by Gasteiger charge is -2.38. The molecule has 2 unspecified atom stereocenters. The average Bonchev–Trinajstić information content (AvgIpc) is 3.52. The van der Waals surface area contributed by atoms with Gasteiger partial charge < -0.3 is 29.3 Å². The van der Waals surface area contributed by atoms with Gasteiger partial charge in [0.15, 0.2) is 0 Å². The van der Waals surface area contributed by atoms with Gasteiger partial charge in [0, 0.05) is 52.3 Å². The molecule has 10 heteroatoms. The van der Waals surface area contributed by atoms with Gasteiger partial charge in [0.25, 0.3) is 0 Å². The number of rotatable bonds is 7. The van der Waals surface area contributed by atoms with E-state index in [2.05, 4.69) is 19.6 Å². The Morgan fingerprint density at radius 1 is 0.950 bits per heavy atom. The van der Waals surface area contributed by atoms with Crippen LogP contribution >= 0.6 is 0 Å². The van der Waals surface area contributed by atoms with Crippen molar-refractivity contribution < 1.29 is 32.5 Å². The summed E-state index contributed by atoms with van der Waals surface area (Å²) in [6.45, 7) is 0.884. The second kappa shape index (κ2) is 10.1. The maximum Gasteiger partial charge on any atom is 0.573 e. The first-order valence-electron chi connectivity index (χ1n) is 12.8. The first-order valence-corrected chi connectivity index (χ1v) is 12.8. The number of aliphatic hydroxyl groups is 1. The molecule has 0 saturated carbocycles. The van der Waals surface area contributed by atoms with Crippen molar-refractivity contribution in [2.24, 2.45) is 0 Å².